The minimum absolute atomic E-state index is 0.0711. The maximum atomic E-state index is 9.75. The van der Waals surface area contributed by atoms with E-state index in [9.17, 15) is 15.3 Å². The molecule has 0 aliphatic heterocycles. The number of nitrogens with zero attached hydrogens (tertiary/aromatic N) is 1. The van der Waals surface area contributed by atoms with Gasteiger partial charge < -0.3 is 20.2 Å². The smallest absolute Gasteiger partial charge is 0.120 e. The summed E-state index contributed by atoms with van der Waals surface area (Å²) in [5.74, 6) is 0.250. The number of aliphatic hydroxyl groups excluding tert-OH is 2. The van der Waals surface area contributed by atoms with Gasteiger partial charge in [-0.1, -0.05) is 22.9 Å². The summed E-state index contributed by atoms with van der Waals surface area (Å²) in [4.78, 5) is 1.97. The Morgan fingerprint density at radius 1 is 1.28 bits per heavy atom. The Balaban J connectivity index is 2.70. The Morgan fingerprint density at radius 3 is 2.44 bits per heavy atom. The molecule has 0 saturated carbocycles. The molecule has 1 aromatic rings. The number of rotatable bonds is 6. The number of halogens is 1. The van der Waals surface area contributed by atoms with E-state index in [1.54, 1.807) is 12.1 Å². The molecule has 0 heterocycles. The highest BCUT2D eigenvalue weighted by Gasteiger charge is 2.24. The minimum Gasteiger partial charge on any atom is -0.508 e. The van der Waals surface area contributed by atoms with Gasteiger partial charge in [0.2, 0.25) is 0 Å². The van der Waals surface area contributed by atoms with Crippen LogP contribution in [-0.2, 0) is 6.54 Å². The largest absolute Gasteiger partial charge is 0.508 e. The molecule has 18 heavy (non-hydrogen) atoms. The van der Waals surface area contributed by atoms with E-state index in [0.717, 1.165) is 10.0 Å². The van der Waals surface area contributed by atoms with Crippen molar-refractivity contribution in [2.75, 3.05) is 26.8 Å². The van der Waals surface area contributed by atoms with Crippen molar-refractivity contribution in [1.29, 1.82) is 0 Å². The van der Waals surface area contributed by atoms with E-state index in [2.05, 4.69) is 15.9 Å². The molecule has 0 spiro atoms. The number of hydrogen-bond acceptors (Lipinski definition) is 4. The number of hydrogen-bond donors (Lipinski definition) is 3. The average Bonchev–Trinajstić information content (AvgIpc) is 2.33. The molecule has 0 unspecified atom stereocenters. The van der Waals surface area contributed by atoms with Crippen LogP contribution in [0.15, 0.2) is 22.7 Å². The van der Waals surface area contributed by atoms with Gasteiger partial charge in [-0.3, -0.25) is 0 Å². The van der Waals surface area contributed by atoms with E-state index >= 15 is 0 Å². The van der Waals surface area contributed by atoms with Gasteiger partial charge in [-0.05, 0) is 25.2 Å². The second kappa shape index (κ2) is 6.52. The molecule has 3 N–H and O–H groups in total. The topological polar surface area (TPSA) is 63.9 Å². The van der Waals surface area contributed by atoms with Gasteiger partial charge in [-0.15, -0.1) is 0 Å². The van der Waals surface area contributed by atoms with Crippen LogP contribution in [0.2, 0.25) is 0 Å². The molecule has 0 aliphatic carbocycles. The van der Waals surface area contributed by atoms with Gasteiger partial charge in [-0.2, -0.15) is 0 Å². The monoisotopic (exact) mass is 317 g/mol. The molecule has 0 aromatic heterocycles. The highest BCUT2D eigenvalue weighted by Crippen LogP contribution is 2.24. The molecule has 0 fully saturated rings. The normalized spacial score (nSPS) is 12.1. The maximum Gasteiger partial charge on any atom is 0.120 e. The van der Waals surface area contributed by atoms with Gasteiger partial charge >= 0.3 is 0 Å². The second-order valence-corrected chi connectivity index (χ2v) is 5.99. The third-order valence-corrected chi connectivity index (χ3v) is 3.39. The molecular formula is C13H20BrNO3. The van der Waals surface area contributed by atoms with E-state index in [1.165, 1.54) is 0 Å². The summed E-state index contributed by atoms with van der Waals surface area (Å²) in [6, 6.07) is 5.29. The molecule has 0 aliphatic rings. The molecule has 0 atom stereocenters. The van der Waals surface area contributed by atoms with Crippen molar-refractivity contribution in [3.8, 4) is 5.75 Å². The van der Waals surface area contributed by atoms with Gasteiger partial charge in [0.15, 0.2) is 0 Å². The second-order valence-electron chi connectivity index (χ2n) is 5.07. The van der Waals surface area contributed by atoms with Gasteiger partial charge in [0.1, 0.15) is 5.75 Å². The minimum atomic E-state index is -0.531. The Hall–Kier alpha value is -0.620. The molecule has 4 nitrogen and oxygen atoms in total. The lowest BCUT2D eigenvalue weighted by atomic mass is 9.92. The zero-order valence-electron chi connectivity index (χ0n) is 10.7. The fraction of sp³-hybridized carbons (Fsp3) is 0.538. The van der Waals surface area contributed by atoms with Crippen molar-refractivity contribution in [3.05, 3.63) is 28.2 Å². The van der Waals surface area contributed by atoms with Crippen LogP contribution in [0.4, 0.5) is 0 Å². The zero-order valence-corrected chi connectivity index (χ0v) is 12.3. The molecule has 1 aromatic carbocycles. The Bertz CT molecular complexity index is 394. The summed E-state index contributed by atoms with van der Waals surface area (Å²) < 4.78 is 0.913. The fourth-order valence-electron chi connectivity index (χ4n) is 1.83. The molecule has 0 bridgehead atoms. The molecule has 0 saturated heterocycles. The first-order valence-electron chi connectivity index (χ1n) is 5.78. The third-order valence-electron chi connectivity index (χ3n) is 2.90. The van der Waals surface area contributed by atoms with Crippen molar-refractivity contribution >= 4 is 15.9 Å². The Labute approximate surface area is 116 Å². The number of phenolic OH excluding ortho intramolecular Hbond substituents is 1. The van der Waals surface area contributed by atoms with Crippen molar-refractivity contribution < 1.29 is 15.3 Å². The first-order chi connectivity index (χ1) is 8.40. The SMILES string of the molecule is CN(Cc1cc(Br)ccc1O)CC(C)(CO)CO. The van der Waals surface area contributed by atoms with E-state index in [-0.39, 0.29) is 19.0 Å². The predicted molar refractivity (Wildman–Crippen MR) is 74.4 cm³/mol. The Morgan fingerprint density at radius 2 is 1.89 bits per heavy atom. The maximum absolute atomic E-state index is 9.75. The first kappa shape index (κ1) is 15.4. The summed E-state index contributed by atoms with van der Waals surface area (Å²) in [7, 11) is 1.89. The molecule has 0 radical (unpaired) electrons. The van der Waals surface area contributed by atoms with Crippen LogP contribution in [0.5, 0.6) is 5.75 Å². The molecule has 5 heteroatoms. The summed E-state index contributed by atoms with van der Waals surface area (Å²) in [5.41, 5.74) is 0.279. The van der Waals surface area contributed by atoms with Crippen molar-refractivity contribution in [3.63, 3.8) is 0 Å². The summed E-state index contributed by atoms with van der Waals surface area (Å²) in [6.45, 7) is 2.79. The Kier molecular flexibility index (Phi) is 5.59. The van der Waals surface area contributed by atoms with Crippen LogP contribution < -0.4 is 0 Å². The zero-order chi connectivity index (χ0) is 13.8. The van der Waals surface area contributed by atoms with Crippen molar-refractivity contribution in [1.82, 2.24) is 4.90 Å². The standard InChI is InChI=1S/C13H20BrNO3/c1-13(8-16,9-17)7-15(2)6-10-5-11(14)3-4-12(10)18/h3-5,16-18H,6-9H2,1-2H3. The highest BCUT2D eigenvalue weighted by molar-refractivity contribution is 9.10. The lowest BCUT2D eigenvalue weighted by molar-refractivity contribution is 0.0400. The van der Waals surface area contributed by atoms with Gasteiger partial charge in [0.25, 0.3) is 0 Å². The fourth-order valence-corrected chi connectivity index (χ4v) is 2.24. The molecular weight excluding hydrogens is 298 g/mol. The van der Waals surface area contributed by atoms with E-state index in [4.69, 9.17) is 0 Å². The molecule has 0 amide bonds. The lowest BCUT2D eigenvalue weighted by Crippen LogP contribution is -2.38. The van der Waals surface area contributed by atoms with E-state index < -0.39 is 5.41 Å². The van der Waals surface area contributed by atoms with Crippen LogP contribution in [0.3, 0.4) is 0 Å². The van der Waals surface area contributed by atoms with Gasteiger partial charge in [0, 0.05) is 28.5 Å². The summed E-state index contributed by atoms with van der Waals surface area (Å²) in [6.07, 6.45) is 0. The number of phenols is 1. The lowest BCUT2D eigenvalue weighted by Gasteiger charge is -2.30. The molecule has 1 rings (SSSR count). The average molecular weight is 318 g/mol. The predicted octanol–water partition coefficient (Wildman–Crippen LogP) is 1.58. The van der Waals surface area contributed by atoms with Crippen LogP contribution in [0.1, 0.15) is 12.5 Å². The highest BCUT2D eigenvalue weighted by atomic mass is 79.9. The summed E-state index contributed by atoms with van der Waals surface area (Å²) in [5, 5.41) is 28.3. The third kappa shape index (κ3) is 4.24. The van der Waals surface area contributed by atoms with Crippen molar-refractivity contribution in [2.45, 2.75) is 13.5 Å². The van der Waals surface area contributed by atoms with E-state index in [1.807, 2.05) is 24.9 Å². The van der Waals surface area contributed by atoms with Crippen LogP contribution in [0, 0.1) is 5.41 Å². The van der Waals surface area contributed by atoms with Crippen LogP contribution in [-0.4, -0.2) is 47.0 Å². The summed E-state index contributed by atoms with van der Waals surface area (Å²) >= 11 is 3.37. The van der Waals surface area contributed by atoms with Crippen molar-refractivity contribution in [2.24, 2.45) is 5.41 Å². The van der Waals surface area contributed by atoms with E-state index in [0.29, 0.717) is 13.1 Å². The van der Waals surface area contributed by atoms with Gasteiger partial charge in [0.05, 0.1) is 13.2 Å². The number of aliphatic hydroxyl groups is 2. The molecule has 102 valence electrons. The number of benzene rings is 1. The van der Waals surface area contributed by atoms with Gasteiger partial charge in [-0.25, -0.2) is 0 Å². The van der Waals surface area contributed by atoms with Crippen LogP contribution in [0.25, 0.3) is 0 Å². The quantitative estimate of drug-likeness (QED) is 0.745. The number of aromatic hydroxyl groups is 1. The first-order valence-corrected chi connectivity index (χ1v) is 6.57. The van der Waals surface area contributed by atoms with Crippen LogP contribution >= 0.6 is 15.9 Å².